The first-order valence-corrected chi connectivity index (χ1v) is 13.2. The predicted molar refractivity (Wildman–Crippen MR) is 155 cm³/mol. The van der Waals surface area contributed by atoms with Gasteiger partial charge in [-0.25, -0.2) is 4.79 Å². The minimum atomic E-state index is -0.640. The summed E-state index contributed by atoms with van der Waals surface area (Å²) in [5.41, 5.74) is 1.06. The minimum Gasteiger partial charge on any atom is -0.508 e. The Balaban J connectivity index is 2.17. The highest BCUT2D eigenvalue weighted by Crippen LogP contribution is 2.16. The summed E-state index contributed by atoms with van der Waals surface area (Å²) in [7, 11) is 0. The lowest BCUT2D eigenvalue weighted by Crippen LogP contribution is -2.13. The smallest absolute Gasteiger partial charge is 0.341 e. The molecule has 0 radical (unpaired) electrons. The van der Waals surface area contributed by atoms with Gasteiger partial charge < -0.3 is 9.84 Å². The molecule has 198 valence electrons. The molecule has 1 aromatic carbocycles. The largest absolute Gasteiger partial charge is 0.508 e. The maximum atomic E-state index is 12.3. The Morgan fingerprint density at radius 2 is 1.27 bits per heavy atom. The highest BCUT2D eigenvalue weighted by molar-refractivity contribution is 5.99. The van der Waals surface area contributed by atoms with Gasteiger partial charge in [-0.2, -0.15) is 0 Å². The number of hydrogen-bond donors (Lipinski definition) is 1. The van der Waals surface area contributed by atoms with Gasteiger partial charge in [-0.05, 0) is 75.1 Å². The second-order valence-electron chi connectivity index (χ2n) is 8.33. The third kappa shape index (κ3) is 17.4. The first kappa shape index (κ1) is 31.4. The van der Waals surface area contributed by atoms with E-state index in [0.29, 0.717) is 24.0 Å². The molecule has 0 amide bonds. The quantitative estimate of drug-likeness (QED) is 0.100. The van der Waals surface area contributed by atoms with Gasteiger partial charge in [0.1, 0.15) is 5.75 Å². The van der Waals surface area contributed by atoms with Gasteiger partial charge in [-0.3, -0.25) is 4.79 Å². The van der Waals surface area contributed by atoms with Crippen molar-refractivity contribution < 1.29 is 19.4 Å². The summed E-state index contributed by atoms with van der Waals surface area (Å²) in [5.74, 6) is -1.07. The zero-order valence-corrected chi connectivity index (χ0v) is 22.4. The van der Waals surface area contributed by atoms with Gasteiger partial charge in [0.2, 0.25) is 0 Å². The molecule has 0 unspecified atom stereocenters. The van der Waals surface area contributed by atoms with E-state index in [-0.39, 0.29) is 12.2 Å². The number of aromatic hydroxyl groups is 1. The summed E-state index contributed by atoms with van der Waals surface area (Å²) in [6, 6.07) is 6.57. The Kier molecular flexibility index (Phi) is 18.3. The van der Waals surface area contributed by atoms with Crippen LogP contribution in [0.2, 0.25) is 0 Å². The van der Waals surface area contributed by atoms with Crippen LogP contribution in [0.4, 0.5) is 0 Å². The number of carbonyl (C=O) groups is 2. The van der Waals surface area contributed by atoms with Gasteiger partial charge in [-0.15, -0.1) is 0 Å². The standard InChI is InChI=1S/C33H42O4/c1-3-5-6-7-8-9-10-11-12-13-14-15-16-17-18-19-20-21-22-26-32(35)37-33(36)30(4-2)27-29-24-23-25-31(34)28-29/h5-6,8-9,11-12,14-15,17-18,20-21,23-25,27-28,34H,3-4,7,10,13,16,19,22,26H2,1-2H3/b6-5-,9-8-,12-11-,15-14-,18-17-,21-20-,30-27-. The van der Waals surface area contributed by atoms with Crippen molar-refractivity contribution >= 4 is 18.0 Å². The monoisotopic (exact) mass is 502 g/mol. The van der Waals surface area contributed by atoms with Crippen LogP contribution >= 0.6 is 0 Å². The highest BCUT2D eigenvalue weighted by Gasteiger charge is 2.14. The maximum absolute atomic E-state index is 12.3. The molecule has 0 aliphatic carbocycles. The Labute approximate surface area is 223 Å². The molecule has 0 bridgehead atoms. The molecule has 0 spiro atoms. The molecule has 4 nitrogen and oxygen atoms in total. The van der Waals surface area contributed by atoms with E-state index < -0.39 is 11.9 Å². The molecule has 0 saturated carbocycles. The van der Waals surface area contributed by atoms with Crippen molar-refractivity contribution in [3.8, 4) is 5.75 Å². The van der Waals surface area contributed by atoms with E-state index in [1.54, 1.807) is 30.3 Å². The summed E-state index contributed by atoms with van der Waals surface area (Å²) < 4.78 is 4.97. The number of ether oxygens (including phenoxy) is 1. The van der Waals surface area contributed by atoms with Crippen LogP contribution in [0.1, 0.15) is 77.2 Å². The van der Waals surface area contributed by atoms with E-state index in [1.807, 2.05) is 19.1 Å². The minimum absolute atomic E-state index is 0.116. The number of phenolic OH excluding ortho intramolecular Hbond substituents is 1. The summed E-state index contributed by atoms with van der Waals surface area (Å²) >= 11 is 0. The van der Waals surface area contributed by atoms with Crippen LogP contribution in [0.3, 0.4) is 0 Å². The topological polar surface area (TPSA) is 63.6 Å². The fraction of sp³-hybridized carbons (Fsp3) is 0.333. The summed E-state index contributed by atoms with van der Waals surface area (Å²) in [5, 5.41) is 9.55. The molecule has 0 aromatic heterocycles. The SMILES string of the molecule is CC/C=C\C/C=C\C/C=C\C/C=C\C/C=C\C/C=C\CCC(=O)OC(=O)/C(=C\c1cccc(O)c1)CC. The molecular formula is C33H42O4. The first-order chi connectivity index (χ1) is 18.1. The Morgan fingerprint density at radius 1 is 0.757 bits per heavy atom. The van der Waals surface area contributed by atoms with Crippen molar-refractivity contribution in [1.29, 1.82) is 0 Å². The van der Waals surface area contributed by atoms with Crippen molar-refractivity contribution in [2.45, 2.75) is 71.6 Å². The van der Waals surface area contributed by atoms with Crippen LogP contribution in [-0.2, 0) is 14.3 Å². The normalized spacial score (nSPS) is 12.9. The lowest BCUT2D eigenvalue weighted by atomic mass is 10.1. The fourth-order valence-corrected chi connectivity index (χ4v) is 3.18. The van der Waals surface area contributed by atoms with Gasteiger partial charge in [-0.1, -0.05) is 98.9 Å². The molecule has 0 aliphatic rings. The third-order valence-electron chi connectivity index (χ3n) is 5.17. The third-order valence-corrected chi connectivity index (χ3v) is 5.17. The van der Waals surface area contributed by atoms with Gasteiger partial charge in [0.25, 0.3) is 0 Å². The van der Waals surface area contributed by atoms with Crippen molar-refractivity contribution in [3.05, 3.63) is 108 Å². The van der Waals surface area contributed by atoms with Gasteiger partial charge in [0, 0.05) is 12.0 Å². The molecule has 1 N–H and O–H groups in total. The number of esters is 2. The zero-order valence-electron chi connectivity index (χ0n) is 22.4. The Hall–Kier alpha value is -3.66. The fourth-order valence-electron chi connectivity index (χ4n) is 3.18. The average Bonchev–Trinajstić information content (AvgIpc) is 2.88. The molecule has 1 rings (SSSR count). The molecule has 4 heteroatoms. The maximum Gasteiger partial charge on any atom is 0.341 e. The van der Waals surface area contributed by atoms with Crippen molar-refractivity contribution in [2.75, 3.05) is 0 Å². The summed E-state index contributed by atoms with van der Waals surface area (Å²) in [6.07, 6.45) is 34.0. The van der Waals surface area contributed by atoms with Crippen molar-refractivity contribution in [1.82, 2.24) is 0 Å². The van der Waals surface area contributed by atoms with Crippen LogP contribution in [0, 0.1) is 0 Å². The molecule has 37 heavy (non-hydrogen) atoms. The lowest BCUT2D eigenvalue weighted by Gasteiger charge is -2.05. The van der Waals surface area contributed by atoms with Crippen LogP contribution < -0.4 is 0 Å². The molecule has 0 aliphatic heterocycles. The number of rotatable bonds is 17. The number of allylic oxidation sites excluding steroid dienone is 12. The average molecular weight is 503 g/mol. The van der Waals surface area contributed by atoms with Crippen LogP contribution in [0.5, 0.6) is 5.75 Å². The van der Waals surface area contributed by atoms with Gasteiger partial charge in [0.15, 0.2) is 0 Å². The van der Waals surface area contributed by atoms with Gasteiger partial charge >= 0.3 is 11.9 Å². The van der Waals surface area contributed by atoms with E-state index in [0.717, 1.165) is 38.5 Å². The molecule has 0 atom stereocenters. The van der Waals surface area contributed by atoms with E-state index in [4.69, 9.17) is 4.74 Å². The van der Waals surface area contributed by atoms with E-state index in [9.17, 15) is 14.7 Å². The predicted octanol–water partition coefficient (Wildman–Crippen LogP) is 8.73. The Bertz CT molecular complexity index is 1000. The number of phenols is 1. The molecule has 1 aromatic rings. The molecular weight excluding hydrogens is 460 g/mol. The second kappa shape index (κ2) is 21.6. The van der Waals surface area contributed by atoms with Crippen molar-refractivity contribution in [2.24, 2.45) is 0 Å². The number of carbonyl (C=O) groups excluding carboxylic acids is 2. The van der Waals surface area contributed by atoms with Crippen LogP contribution in [-0.4, -0.2) is 17.0 Å². The highest BCUT2D eigenvalue weighted by atomic mass is 16.6. The van der Waals surface area contributed by atoms with E-state index in [2.05, 4.69) is 67.7 Å². The molecule has 0 heterocycles. The molecule has 0 fully saturated rings. The van der Waals surface area contributed by atoms with Crippen molar-refractivity contribution in [3.63, 3.8) is 0 Å². The number of benzene rings is 1. The Morgan fingerprint density at radius 3 is 1.76 bits per heavy atom. The molecule has 0 saturated heterocycles. The zero-order chi connectivity index (χ0) is 27.0. The van der Waals surface area contributed by atoms with Gasteiger partial charge in [0.05, 0.1) is 0 Å². The van der Waals surface area contributed by atoms with E-state index in [1.165, 1.54) is 0 Å². The number of hydrogen-bond acceptors (Lipinski definition) is 4. The van der Waals surface area contributed by atoms with E-state index >= 15 is 0 Å². The first-order valence-electron chi connectivity index (χ1n) is 13.2. The second-order valence-corrected chi connectivity index (χ2v) is 8.33. The van der Waals surface area contributed by atoms with Crippen LogP contribution in [0.25, 0.3) is 6.08 Å². The summed E-state index contributed by atoms with van der Waals surface area (Å²) in [6.45, 7) is 3.96. The van der Waals surface area contributed by atoms with Crippen LogP contribution in [0.15, 0.2) is 103 Å². The lowest BCUT2D eigenvalue weighted by molar-refractivity contribution is -0.156. The summed E-state index contributed by atoms with van der Waals surface area (Å²) in [4.78, 5) is 24.2.